The lowest BCUT2D eigenvalue weighted by atomic mass is 10.2. The maximum atomic E-state index is 10.8. The van der Waals surface area contributed by atoms with Gasteiger partial charge in [0.15, 0.2) is 0 Å². The van der Waals surface area contributed by atoms with Crippen LogP contribution in [0.3, 0.4) is 0 Å². The van der Waals surface area contributed by atoms with Crippen molar-refractivity contribution in [1.82, 2.24) is 0 Å². The topological polar surface area (TPSA) is 52.6 Å². The molecular formula is C7H6O4S. The lowest BCUT2D eigenvalue weighted by Gasteiger charge is -2.21. The highest BCUT2D eigenvalue weighted by Gasteiger charge is 2.31. The Kier molecular flexibility index (Phi) is 2.39. The Hall–Kier alpha value is -1.01. The molecule has 1 heterocycles. The highest BCUT2D eigenvalue weighted by Crippen LogP contribution is 2.18. The van der Waals surface area contributed by atoms with Crippen LogP contribution >= 0.6 is 0 Å². The highest BCUT2D eigenvalue weighted by molar-refractivity contribution is 7.82. The normalized spacial score (nSPS) is 33.2. The first kappa shape index (κ1) is 9.08. The Morgan fingerprint density at radius 3 is 1.92 bits per heavy atom. The summed E-state index contributed by atoms with van der Waals surface area (Å²) in [6, 6.07) is 0. The van der Waals surface area contributed by atoms with Gasteiger partial charge in [0.2, 0.25) is 0 Å². The molecule has 1 aliphatic heterocycles. The second-order valence-electron chi connectivity index (χ2n) is 2.15. The summed E-state index contributed by atoms with van der Waals surface area (Å²) in [7, 11) is -3.99. The van der Waals surface area contributed by atoms with Crippen LogP contribution < -0.4 is 0 Å². The number of rotatable bonds is 0. The Morgan fingerprint density at radius 1 is 1.17 bits per heavy atom. The van der Waals surface area contributed by atoms with E-state index in [1.54, 1.807) is 0 Å². The molecule has 0 spiro atoms. The quantitative estimate of drug-likeness (QED) is 0.486. The average molecular weight is 186 g/mol. The lowest BCUT2D eigenvalue weighted by molar-refractivity contribution is 0.0935. The molecule has 12 heavy (non-hydrogen) atoms. The van der Waals surface area contributed by atoms with E-state index in [1.807, 2.05) is 0 Å². The second-order valence-corrected chi connectivity index (χ2v) is 3.35. The van der Waals surface area contributed by atoms with Crippen LogP contribution in [0.15, 0.2) is 0 Å². The molecule has 0 amide bonds. The van der Waals surface area contributed by atoms with Crippen LogP contribution in [0.5, 0.6) is 0 Å². The zero-order valence-corrected chi connectivity index (χ0v) is 6.87. The summed E-state index contributed by atoms with van der Waals surface area (Å²) >= 11 is 0. The third-order valence-corrected chi connectivity index (χ3v) is 2.20. The van der Waals surface area contributed by atoms with E-state index in [1.165, 1.54) is 0 Å². The molecule has 0 bridgehead atoms. The monoisotopic (exact) mass is 186 g/mol. The van der Waals surface area contributed by atoms with Gasteiger partial charge in [0.05, 0.1) is 0 Å². The fourth-order valence-electron chi connectivity index (χ4n) is 0.772. The summed E-state index contributed by atoms with van der Waals surface area (Å²) < 4.78 is 30.3. The SMILES string of the molecule is C#CC1CC(C#C)OS(=O)(=O)O1. The van der Waals surface area contributed by atoms with Crippen molar-refractivity contribution in [2.45, 2.75) is 18.6 Å². The van der Waals surface area contributed by atoms with Crippen molar-refractivity contribution in [2.75, 3.05) is 0 Å². The number of hydrogen-bond acceptors (Lipinski definition) is 4. The summed E-state index contributed by atoms with van der Waals surface area (Å²) in [6.45, 7) is 0. The molecule has 0 aromatic rings. The molecule has 1 fully saturated rings. The van der Waals surface area contributed by atoms with Gasteiger partial charge in [-0.2, -0.15) is 8.42 Å². The Balaban J connectivity index is 2.83. The molecule has 2 unspecified atom stereocenters. The van der Waals surface area contributed by atoms with Gasteiger partial charge in [0.1, 0.15) is 12.2 Å². The molecule has 0 saturated carbocycles. The maximum Gasteiger partial charge on any atom is 0.402 e. The fourth-order valence-corrected chi connectivity index (χ4v) is 1.65. The van der Waals surface area contributed by atoms with E-state index >= 15 is 0 Å². The highest BCUT2D eigenvalue weighted by atomic mass is 32.3. The van der Waals surface area contributed by atoms with Gasteiger partial charge in [-0.25, -0.2) is 8.37 Å². The first-order chi connectivity index (χ1) is 5.57. The van der Waals surface area contributed by atoms with Crippen molar-refractivity contribution in [2.24, 2.45) is 0 Å². The summed E-state index contributed by atoms with van der Waals surface area (Å²) in [6.07, 6.45) is 8.53. The van der Waals surface area contributed by atoms with Crippen LogP contribution in [-0.4, -0.2) is 20.6 Å². The van der Waals surface area contributed by atoms with Gasteiger partial charge in [-0.05, 0) is 0 Å². The molecule has 1 saturated heterocycles. The van der Waals surface area contributed by atoms with Crippen molar-refractivity contribution in [3.05, 3.63) is 0 Å². The molecule has 0 N–H and O–H groups in total. The van der Waals surface area contributed by atoms with Crippen molar-refractivity contribution in [3.63, 3.8) is 0 Å². The van der Waals surface area contributed by atoms with E-state index in [-0.39, 0.29) is 6.42 Å². The molecule has 0 aromatic heterocycles. The van der Waals surface area contributed by atoms with Crippen LogP contribution in [-0.2, 0) is 18.8 Å². The molecule has 64 valence electrons. The largest absolute Gasteiger partial charge is 0.402 e. The summed E-state index contributed by atoms with van der Waals surface area (Å²) in [5.41, 5.74) is 0. The van der Waals surface area contributed by atoms with Crippen molar-refractivity contribution in [3.8, 4) is 24.7 Å². The summed E-state index contributed by atoms with van der Waals surface area (Å²) in [4.78, 5) is 0. The molecule has 4 nitrogen and oxygen atoms in total. The first-order valence-corrected chi connectivity index (χ1v) is 4.44. The lowest BCUT2D eigenvalue weighted by Crippen LogP contribution is -2.33. The van der Waals surface area contributed by atoms with Crippen LogP contribution in [0.2, 0.25) is 0 Å². The van der Waals surface area contributed by atoms with Gasteiger partial charge in [0.25, 0.3) is 0 Å². The number of terminal acetylenes is 2. The number of hydrogen-bond donors (Lipinski definition) is 0. The molecule has 2 atom stereocenters. The zero-order chi connectivity index (χ0) is 9.19. The smallest absolute Gasteiger partial charge is 0.232 e. The minimum atomic E-state index is -3.99. The Labute approximate surface area is 71.2 Å². The minimum Gasteiger partial charge on any atom is -0.232 e. The van der Waals surface area contributed by atoms with E-state index in [0.29, 0.717) is 0 Å². The van der Waals surface area contributed by atoms with Gasteiger partial charge >= 0.3 is 10.4 Å². The molecular weight excluding hydrogens is 180 g/mol. The zero-order valence-electron chi connectivity index (χ0n) is 6.06. The Morgan fingerprint density at radius 2 is 1.58 bits per heavy atom. The molecule has 5 heteroatoms. The predicted molar refractivity (Wildman–Crippen MR) is 40.9 cm³/mol. The van der Waals surface area contributed by atoms with Gasteiger partial charge in [-0.1, -0.05) is 11.8 Å². The molecule has 0 aliphatic carbocycles. The fraction of sp³-hybridized carbons (Fsp3) is 0.429. The van der Waals surface area contributed by atoms with Crippen LogP contribution in [0.1, 0.15) is 6.42 Å². The van der Waals surface area contributed by atoms with Crippen molar-refractivity contribution < 1.29 is 16.8 Å². The van der Waals surface area contributed by atoms with Crippen LogP contribution in [0.4, 0.5) is 0 Å². The second kappa shape index (κ2) is 3.16. The van der Waals surface area contributed by atoms with Crippen molar-refractivity contribution in [1.29, 1.82) is 0 Å². The van der Waals surface area contributed by atoms with Crippen LogP contribution in [0.25, 0.3) is 0 Å². The van der Waals surface area contributed by atoms with Gasteiger partial charge in [-0.3, -0.25) is 0 Å². The summed E-state index contributed by atoms with van der Waals surface area (Å²) in [5.74, 6) is 4.29. The maximum absolute atomic E-state index is 10.8. The molecule has 1 rings (SSSR count). The van der Waals surface area contributed by atoms with Gasteiger partial charge in [0, 0.05) is 6.42 Å². The summed E-state index contributed by atoms with van der Waals surface area (Å²) in [5, 5.41) is 0. The first-order valence-electron chi connectivity index (χ1n) is 3.11. The van der Waals surface area contributed by atoms with E-state index in [0.717, 1.165) is 0 Å². The Bertz CT molecular complexity index is 315. The molecule has 0 radical (unpaired) electrons. The van der Waals surface area contributed by atoms with E-state index in [4.69, 9.17) is 12.8 Å². The molecule has 1 aliphatic rings. The third-order valence-electron chi connectivity index (χ3n) is 1.27. The van der Waals surface area contributed by atoms with E-state index < -0.39 is 22.6 Å². The average Bonchev–Trinajstić information content (AvgIpc) is 2.01. The van der Waals surface area contributed by atoms with Crippen molar-refractivity contribution >= 4 is 10.4 Å². The van der Waals surface area contributed by atoms with E-state index in [2.05, 4.69) is 20.2 Å². The van der Waals surface area contributed by atoms with E-state index in [9.17, 15) is 8.42 Å². The standard InChI is InChI=1S/C7H6O4S/c1-3-6-5-7(4-2)11-12(8,9)10-6/h1-2,6-7H,5H2. The third kappa shape index (κ3) is 1.99. The molecule has 0 aromatic carbocycles. The van der Waals surface area contributed by atoms with Gasteiger partial charge in [-0.15, -0.1) is 12.8 Å². The van der Waals surface area contributed by atoms with Gasteiger partial charge < -0.3 is 0 Å². The predicted octanol–water partition coefficient (Wildman–Crippen LogP) is -0.328. The van der Waals surface area contributed by atoms with Crippen LogP contribution in [0, 0.1) is 24.7 Å². The minimum absolute atomic E-state index is 0.201.